The largest absolute Gasteiger partial charge is 0.307 e. The molecular formula is C9H9F2NO2. The maximum atomic E-state index is 13.2. The van der Waals surface area contributed by atoms with Crippen LogP contribution < -0.4 is 0 Å². The van der Waals surface area contributed by atoms with Crippen LogP contribution in [0.3, 0.4) is 0 Å². The van der Waals surface area contributed by atoms with E-state index < -0.39 is 22.2 Å². The van der Waals surface area contributed by atoms with Crippen molar-refractivity contribution in [3.05, 3.63) is 39.4 Å². The zero-order valence-electron chi connectivity index (χ0n) is 7.75. The van der Waals surface area contributed by atoms with E-state index in [9.17, 15) is 18.9 Å². The average Bonchev–Trinajstić information content (AvgIpc) is 2.07. The molecule has 0 unspecified atom stereocenters. The van der Waals surface area contributed by atoms with Crippen LogP contribution in [0.15, 0.2) is 12.1 Å². The summed E-state index contributed by atoms with van der Waals surface area (Å²) in [5.74, 6) is -1.95. The fraction of sp³-hybridized carbons (Fsp3) is 0.333. The van der Waals surface area contributed by atoms with Crippen molar-refractivity contribution in [3.8, 4) is 0 Å². The Morgan fingerprint density at radius 1 is 1.29 bits per heavy atom. The summed E-state index contributed by atoms with van der Waals surface area (Å²) >= 11 is 0. The predicted molar refractivity (Wildman–Crippen MR) is 47.1 cm³/mol. The van der Waals surface area contributed by atoms with E-state index in [0.29, 0.717) is 6.07 Å². The number of nitro groups is 1. The van der Waals surface area contributed by atoms with Gasteiger partial charge in [0.1, 0.15) is 5.82 Å². The van der Waals surface area contributed by atoms with E-state index in [1.807, 2.05) is 0 Å². The summed E-state index contributed by atoms with van der Waals surface area (Å²) in [6.07, 6.45) is 0. The van der Waals surface area contributed by atoms with E-state index in [4.69, 9.17) is 0 Å². The summed E-state index contributed by atoms with van der Waals surface area (Å²) in [5, 5.41) is 10.3. The number of nitro benzene ring substituents is 1. The van der Waals surface area contributed by atoms with Gasteiger partial charge in [-0.2, -0.15) is 4.39 Å². The second-order valence-corrected chi connectivity index (χ2v) is 3.24. The predicted octanol–water partition coefficient (Wildman–Crippen LogP) is 3.00. The third-order valence-corrected chi connectivity index (χ3v) is 1.88. The Balaban J connectivity index is 3.31. The highest BCUT2D eigenvalue weighted by atomic mass is 19.1. The van der Waals surface area contributed by atoms with Crippen molar-refractivity contribution in [1.29, 1.82) is 0 Å². The van der Waals surface area contributed by atoms with Gasteiger partial charge in [0, 0.05) is 0 Å². The average molecular weight is 201 g/mol. The molecule has 0 spiro atoms. The molecule has 5 heteroatoms. The fourth-order valence-corrected chi connectivity index (χ4v) is 1.13. The lowest BCUT2D eigenvalue weighted by atomic mass is 10.0. The first kappa shape index (κ1) is 10.6. The second-order valence-electron chi connectivity index (χ2n) is 3.24. The number of rotatable bonds is 2. The van der Waals surface area contributed by atoms with Gasteiger partial charge in [0.15, 0.2) is 0 Å². The zero-order valence-corrected chi connectivity index (χ0v) is 7.75. The molecule has 0 heterocycles. The van der Waals surface area contributed by atoms with Gasteiger partial charge in [-0.05, 0) is 17.5 Å². The molecule has 0 saturated carbocycles. The lowest BCUT2D eigenvalue weighted by molar-refractivity contribution is -0.387. The van der Waals surface area contributed by atoms with Gasteiger partial charge in [-0.15, -0.1) is 0 Å². The van der Waals surface area contributed by atoms with E-state index in [1.165, 1.54) is 0 Å². The highest BCUT2D eigenvalue weighted by Gasteiger charge is 2.19. The third-order valence-electron chi connectivity index (χ3n) is 1.88. The molecule has 3 nitrogen and oxygen atoms in total. The SMILES string of the molecule is CC(C)c1cc(F)c([N+](=O)[O-])cc1F. The summed E-state index contributed by atoms with van der Waals surface area (Å²) in [6, 6.07) is 1.49. The minimum atomic E-state index is -1.000. The molecule has 0 aliphatic heterocycles. The molecule has 1 aromatic carbocycles. The molecule has 0 amide bonds. The van der Waals surface area contributed by atoms with Crippen molar-refractivity contribution in [1.82, 2.24) is 0 Å². The van der Waals surface area contributed by atoms with Crippen LogP contribution in [0.1, 0.15) is 25.3 Å². The number of hydrogen-bond acceptors (Lipinski definition) is 2. The fourth-order valence-electron chi connectivity index (χ4n) is 1.13. The Morgan fingerprint density at radius 2 is 1.86 bits per heavy atom. The molecule has 0 aromatic heterocycles. The first-order valence-electron chi connectivity index (χ1n) is 4.06. The van der Waals surface area contributed by atoms with Gasteiger partial charge >= 0.3 is 5.69 Å². The topological polar surface area (TPSA) is 43.1 Å². The summed E-state index contributed by atoms with van der Waals surface area (Å²) in [6.45, 7) is 3.37. The molecule has 0 radical (unpaired) electrons. The molecule has 0 atom stereocenters. The van der Waals surface area contributed by atoms with Gasteiger partial charge in [-0.3, -0.25) is 10.1 Å². The number of nitrogens with zero attached hydrogens (tertiary/aromatic N) is 1. The molecule has 0 aliphatic carbocycles. The number of hydrogen-bond donors (Lipinski definition) is 0. The van der Waals surface area contributed by atoms with Crippen molar-refractivity contribution < 1.29 is 13.7 Å². The van der Waals surface area contributed by atoms with Gasteiger partial charge in [0.05, 0.1) is 11.0 Å². The van der Waals surface area contributed by atoms with Crippen LogP contribution in [0, 0.1) is 21.7 Å². The van der Waals surface area contributed by atoms with Gasteiger partial charge in [-0.25, -0.2) is 4.39 Å². The molecule has 0 bridgehead atoms. The van der Waals surface area contributed by atoms with E-state index in [0.717, 1.165) is 6.07 Å². The van der Waals surface area contributed by atoms with Crippen molar-refractivity contribution in [3.63, 3.8) is 0 Å². The first-order chi connectivity index (χ1) is 6.43. The van der Waals surface area contributed by atoms with Crippen LogP contribution in [0.4, 0.5) is 14.5 Å². The lowest BCUT2D eigenvalue weighted by Crippen LogP contribution is -1.99. The normalized spacial score (nSPS) is 10.6. The van der Waals surface area contributed by atoms with Gasteiger partial charge < -0.3 is 0 Å². The van der Waals surface area contributed by atoms with Crippen molar-refractivity contribution >= 4 is 5.69 Å². The van der Waals surface area contributed by atoms with Crippen LogP contribution in [0.5, 0.6) is 0 Å². The van der Waals surface area contributed by atoms with Crippen LogP contribution in [0.2, 0.25) is 0 Å². The highest BCUT2D eigenvalue weighted by molar-refractivity contribution is 5.37. The Hall–Kier alpha value is -1.52. The molecular weight excluding hydrogens is 192 g/mol. The Morgan fingerprint density at radius 3 is 2.29 bits per heavy atom. The standard InChI is InChI=1S/C9H9F2NO2/c1-5(2)6-3-8(11)9(12(13)14)4-7(6)10/h3-5H,1-2H3. The molecule has 0 aliphatic rings. The second kappa shape index (κ2) is 3.69. The van der Waals surface area contributed by atoms with Crippen molar-refractivity contribution in [2.75, 3.05) is 0 Å². The number of halogens is 2. The molecule has 0 fully saturated rings. The smallest absolute Gasteiger partial charge is 0.258 e. The highest BCUT2D eigenvalue weighted by Crippen LogP contribution is 2.25. The Bertz CT molecular complexity index is 377. The van der Waals surface area contributed by atoms with Gasteiger partial charge in [0.2, 0.25) is 5.82 Å². The Labute approximate surface area is 79.5 Å². The summed E-state index contributed by atoms with van der Waals surface area (Å²) in [7, 11) is 0. The summed E-state index contributed by atoms with van der Waals surface area (Å²) in [5.41, 5.74) is -0.681. The molecule has 1 rings (SSSR count). The van der Waals surface area contributed by atoms with Crippen LogP contribution in [0.25, 0.3) is 0 Å². The first-order valence-corrected chi connectivity index (χ1v) is 4.06. The van der Waals surface area contributed by atoms with Crippen LogP contribution in [-0.2, 0) is 0 Å². The molecule has 1 aromatic rings. The maximum absolute atomic E-state index is 13.2. The van der Waals surface area contributed by atoms with Gasteiger partial charge in [-0.1, -0.05) is 13.8 Å². The van der Waals surface area contributed by atoms with E-state index in [1.54, 1.807) is 13.8 Å². The summed E-state index contributed by atoms with van der Waals surface area (Å²) in [4.78, 5) is 9.31. The van der Waals surface area contributed by atoms with E-state index in [-0.39, 0.29) is 11.5 Å². The molecule has 14 heavy (non-hydrogen) atoms. The van der Waals surface area contributed by atoms with Crippen molar-refractivity contribution in [2.24, 2.45) is 0 Å². The molecule has 76 valence electrons. The van der Waals surface area contributed by atoms with Crippen LogP contribution >= 0.6 is 0 Å². The van der Waals surface area contributed by atoms with Gasteiger partial charge in [0.25, 0.3) is 0 Å². The minimum absolute atomic E-state index is 0.146. The quantitative estimate of drug-likeness (QED) is 0.545. The summed E-state index contributed by atoms with van der Waals surface area (Å²) < 4.78 is 26.2. The van der Waals surface area contributed by atoms with Crippen molar-refractivity contribution in [2.45, 2.75) is 19.8 Å². The zero-order chi connectivity index (χ0) is 10.9. The molecule has 0 saturated heterocycles. The lowest BCUT2D eigenvalue weighted by Gasteiger charge is -2.06. The number of benzene rings is 1. The van der Waals surface area contributed by atoms with Crippen LogP contribution in [-0.4, -0.2) is 4.92 Å². The minimum Gasteiger partial charge on any atom is -0.258 e. The van der Waals surface area contributed by atoms with E-state index in [2.05, 4.69) is 0 Å². The molecule has 0 N–H and O–H groups in total. The van der Waals surface area contributed by atoms with E-state index >= 15 is 0 Å². The third kappa shape index (κ3) is 1.86. The maximum Gasteiger partial charge on any atom is 0.307 e. The monoisotopic (exact) mass is 201 g/mol. The Kier molecular flexibility index (Phi) is 2.78.